The van der Waals surface area contributed by atoms with Crippen LogP contribution in [0, 0.1) is 0 Å². The maximum absolute atomic E-state index is 9.75. The molecule has 0 bridgehead atoms. The van der Waals surface area contributed by atoms with Crippen LogP contribution in [0.5, 0.6) is 0 Å². The molecule has 0 fully saturated rings. The second-order valence-corrected chi connectivity index (χ2v) is 6.93. The molecule has 0 aliphatic heterocycles. The van der Waals surface area contributed by atoms with Gasteiger partial charge in [-0.3, -0.25) is 4.57 Å². The van der Waals surface area contributed by atoms with Gasteiger partial charge in [-0.15, -0.1) is 0 Å². The van der Waals surface area contributed by atoms with E-state index in [0.717, 1.165) is 52.2 Å². The van der Waals surface area contributed by atoms with Crippen molar-refractivity contribution in [2.24, 2.45) is 0 Å². The van der Waals surface area contributed by atoms with E-state index in [1.807, 2.05) is 66.7 Å². The van der Waals surface area contributed by atoms with E-state index in [1.54, 1.807) is 0 Å². The average Bonchev–Trinajstić information content (AvgIpc) is 3.19. The number of rotatable bonds is 4. The minimum absolute atomic E-state index is 0.744. The minimum Gasteiger partial charge on any atom is -0.450 e. The molecule has 4 aromatic carbocycles. The largest absolute Gasteiger partial charge is 0.450 e. The molecule has 0 amide bonds. The molecule has 29 heavy (non-hydrogen) atoms. The third-order valence-electron chi connectivity index (χ3n) is 5.04. The van der Waals surface area contributed by atoms with Crippen LogP contribution in [-0.4, -0.2) is 22.1 Å². The number of fused-ring (bicyclic) bond motifs is 1. The Balaban J connectivity index is 1.78. The number of hydrogen-bond donors (Lipinski definition) is 1. The van der Waals surface area contributed by atoms with Crippen LogP contribution in [0.2, 0.25) is 0 Å². The zero-order chi connectivity index (χ0) is 19.6. The fourth-order valence-corrected chi connectivity index (χ4v) is 3.71. The Labute approximate surface area is 170 Å². The Morgan fingerprint density at radius 3 is 2.07 bits per heavy atom. The van der Waals surface area contributed by atoms with Crippen LogP contribution in [0.15, 0.2) is 103 Å². The molecule has 0 spiro atoms. The molecular weight excluding hydrogens is 355 g/mol. The quantitative estimate of drug-likeness (QED) is 0.468. The molecule has 1 aromatic heterocycles. The molecule has 1 N–H and O–H groups in total. The van der Waals surface area contributed by atoms with Gasteiger partial charge in [-0.05, 0) is 41.5 Å². The predicted octanol–water partition coefficient (Wildman–Crippen LogP) is 4.60. The molecule has 5 aromatic rings. The van der Waals surface area contributed by atoms with Crippen LogP contribution in [-0.2, 0) is 0 Å². The highest BCUT2D eigenvalue weighted by Crippen LogP contribution is 2.30. The lowest BCUT2D eigenvalue weighted by molar-refractivity contribution is 0.615. The maximum atomic E-state index is 9.75. The van der Waals surface area contributed by atoms with E-state index in [1.165, 1.54) is 0 Å². The third-order valence-corrected chi connectivity index (χ3v) is 5.04. The fourth-order valence-electron chi connectivity index (χ4n) is 3.71. The van der Waals surface area contributed by atoms with E-state index in [0.29, 0.717) is 0 Å². The third kappa shape index (κ3) is 3.24. The highest BCUT2D eigenvalue weighted by molar-refractivity contribution is 6.45. The minimum atomic E-state index is 0.744. The van der Waals surface area contributed by atoms with Crippen molar-refractivity contribution in [3.05, 3.63) is 103 Å². The Kier molecular flexibility index (Phi) is 4.47. The Morgan fingerprint density at radius 1 is 0.655 bits per heavy atom. The van der Waals surface area contributed by atoms with E-state index in [2.05, 4.69) is 41.0 Å². The van der Waals surface area contributed by atoms with E-state index in [9.17, 15) is 5.02 Å². The van der Waals surface area contributed by atoms with Crippen LogP contribution >= 0.6 is 0 Å². The first-order chi connectivity index (χ1) is 14.3. The first-order valence-corrected chi connectivity index (χ1v) is 9.55. The van der Waals surface area contributed by atoms with Gasteiger partial charge in [-0.2, -0.15) is 0 Å². The molecule has 0 atom stereocenters. The topological polar surface area (TPSA) is 38.1 Å². The summed E-state index contributed by atoms with van der Waals surface area (Å²) in [6, 6.07) is 34.6. The van der Waals surface area contributed by atoms with Gasteiger partial charge in [0.05, 0.1) is 11.0 Å². The summed E-state index contributed by atoms with van der Waals surface area (Å²) in [4.78, 5) is 4.94. The predicted molar refractivity (Wildman–Crippen MR) is 120 cm³/mol. The summed E-state index contributed by atoms with van der Waals surface area (Å²) in [6.45, 7) is 0. The zero-order valence-corrected chi connectivity index (χ0v) is 15.7. The number of hydrogen-bond acceptors (Lipinski definition) is 2. The highest BCUT2D eigenvalue weighted by atomic mass is 16.2. The summed E-state index contributed by atoms with van der Waals surface area (Å²) in [5.74, 6) is 0.846. The van der Waals surface area contributed by atoms with Crippen molar-refractivity contribution in [1.82, 2.24) is 9.55 Å². The van der Waals surface area contributed by atoms with Crippen molar-refractivity contribution < 1.29 is 5.02 Å². The Bertz CT molecular complexity index is 1280. The molecule has 5 rings (SSSR count). The van der Waals surface area contributed by atoms with Crippen molar-refractivity contribution in [2.45, 2.75) is 0 Å². The monoisotopic (exact) mass is 373 g/mol. The highest BCUT2D eigenvalue weighted by Gasteiger charge is 2.15. The van der Waals surface area contributed by atoms with Crippen LogP contribution in [0.4, 0.5) is 0 Å². The number of para-hydroxylation sites is 3. The van der Waals surface area contributed by atoms with E-state index >= 15 is 0 Å². The van der Waals surface area contributed by atoms with Gasteiger partial charge in [0.1, 0.15) is 5.82 Å². The van der Waals surface area contributed by atoms with Gasteiger partial charge in [0.25, 0.3) is 0 Å². The van der Waals surface area contributed by atoms with Crippen molar-refractivity contribution >= 4 is 24.0 Å². The maximum Gasteiger partial charge on any atom is 0.326 e. The van der Waals surface area contributed by atoms with Crippen molar-refractivity contribution in [3.8, 4) is 28.2 Å². The van der Waals surface area contributed by atoms with E-state index < -0.39 is 0 Å². The first kappa shape index (κ1) is 17.5. The molecule has 137 valence electrons. The fraction of sp³-hybridized carbons (Fsp3) is 0. The summed E-state index contributed by atoms with van der Waals surface area (Å²) in [5.41, 5.74) is 6.87. The number of aromatic nitrogens is 2. The zero-order valence-electron chi connectivity index (χ0n) is 15.7. The molecule has 0 saturated carbocycles. The molecule has 0 saturated heterocycles. The number of benzene rings is 4. The average molecular weight is 373 g/mol. The summed E-state index contributed by atoms with van der Waals surface area (Å²) < 4.78 is 2.17. The van der Waals surface area contributed by atoms with Crippen molar-refractivity contribution in [3.63, 3.8) is 0 Å². The van der Waals surface area contributed by atoms with Crippen LogP contribution in [0.1, 0.15) is 0 Å². The van der Waals surface area contributed by atoms with Crippen molar-refractivity contribution in [2.75, 3.05) is 0 Å². The smallest absolute Gasteiger partial charge is 0.326 e. The second kappa shape index (κ2) is 7.42. The SMILES string of the molecule is O[B]c1cc(-c2ccccc2)cc(-c2nc3ccccc3n2-c2ccccc2)c1. The first-order valence-electron chi connectivity index (χ1n) is 9.55. The summed E-state index contributed by atoms with van der Waals surface area (Å²) in [5, 5.41) is 9.75. The lowest BCUT2D eigenvalue weighted by atomic mass is 9.84. The molecule has 3 nitrogen and oxygen atoms in total. The van der Waals surface area contributed by atoms with Gasteiger partial charge in [-0.25, -0.2) is 4.98 Å². The second-order valence-electron chi connectivity index (χ2n) is 6.93. The lowest BCUT2D eigenvalue weighted by Crippen LogP contribution is -2.14. The summed E-state index contributed by atoms with van der Waals surface area (Å²) in [7, 11) is 1.14. The Hall–Kier alpha value is -3.63. The van der Waals surface area contributed by atoms with Crippen molar-refractivity contribution in [1.29, 1.82) is 0 Å². The lowest BCUT2D eigenvalue weighted by Gasteiger charge is -2.12. The molecule has 4 heteroatoms. The molecule has 1 radical (unpaired) electrons. The van der Waals surface area contributed by atoms with Gasteiger partial charge in [0.2, 0.25) is 0 Å². The van der Waals surface area contributed by atoms with Crippen LogP contribution in [0.25, 0.3) is 39.2 Å². The van der Waals surface area contributed by atoms with Gasteiger partial charge in [-0.1, -0.05) is 78.3 Å². The Morgan fingerprint density at radius 2 is 1.31 bits per heavy atom. The molecule has 0 aliphatic rings. The molecule has 1 heterocycles. The molecule has 0 aliphatic carbocycles. The van der Waals surface area contributed by atoms with Gasteiger partial charge < -0.3 is 5.02 Å². The number of imidazole rings is 1. The molecule has 0 unspecified atom stereocenters. The normalized spacial score (nSPS) is 10.9. The molecular formula is C25H18BN2O. The standard InChI is InChI=1S/C25H18BN2O/c29-26-21-16-19(18-9-3-1-4-10-18)15-20(17-21)25-27-23-13-7-8-14-24(23)28(25)22-11-5-2-6-12-22/h1-17,29H. The van der Waals surface area contributed by atoms with Crippen LogP contribution < -0.4 is 5.46 Å². The van der Waals surface area contributed by atoms with Crippen LogP contribution in [0.3, 0.4) is 0 Å². The van der Waals surface area contributed by atoms with E-state index in [4.69, 9.17) is 4.98 Å². The van der Waals surface area contributed by atoms with E-state index in [-0.39, 0.29) is 0 Å². The summed E-state index contributed by atoms with van der Waals surface area (Å²) >= 11 is 0. The van der Waals surface area contributed by atoms with Gasteiger partial charge in [0, 0.05) is 11.3 Å². The van der Waals surface area contributed by atoms with Gasteiger partial charge >= 0.3 is 7.48 Å². The number of nitrogens with zero attached hydrogens (tertiary/aromatic N) is 2. The summed E-state index contributed by atoms with van der Waals surface area (Å²) in [6.07, 6.45) is 0. The van der Waals surface area contributed by atoms with Gasteiger partial charge in [0.15, 0.2) is 0 Å².